The van der Waals surface area contributed by atoms with E-state index in [0.29, 0.717) is 13.0 Å². The molecule has 0 aliphatic rings. The number of hydrogen-bond acceptors (Lipinski definition) is 3. The van der Waals surface area contributed by atoms with Crippen LogP contribution in [0.2, 0.25) is 0 Å². The van der Waals surface area contributed by atoms with Gasteiger partial charge in [-0.2, -0.15) is 0 Å². The van der Waals surface area contributed by atoms with Crippen LogP contribution in [0.1, 0.15) is 51.9 Å². The highest BCUT2D eigenvalue weighted by molar-refractivity contribution is 7.89. The maximum Gasteiger partial charge on any atom is 0.211 e. The molecule has 0 saturated carbocycles. The molecule has 0 fully saturated rings. The smallest absolute Gasteiger partial charge is 0.211 e. The second-order valence-corrected chi connectivity index (χ2v) is 5.98. The Hall–Kier alpha value is -0.130. The Bertz CT molecular complexity index is 240. The van der Waals surface area contributed by atoms with Gasteiger partial charge in [-0.15, -0.1) is 0 Å². The summed E-state index contributed by atoms with van der Waals surface area (Å²) >= 11 is 0. The molecule has 0 saturated heterocycles. The van der Waals surface area contributed by atoms with Gasteiger partial charge in [0, 0.05) is 13.2 Å². The van der Waals surface area contributed by atoms with Gasteiger partial charge in [-0.25, -0.2) is 13.1 Å². The Morgan fingerprint density at radius 2 is 1.62 bits per heavy atom. The summed E-state index contributed by atoms with van der Waals surface area (Å²) in [5.74, 6) is 0.0271. The molecule has 0 spiro atoms. The minimum atomic E-state index is -3.15. The minimum absolute atomic E-state index is 0.0271. The van der Waals surface area contributed by atoms with Crippen molar-refractivity contribution in [2.45, 2.75) is 51.9 Å². The molecule has 0 aromatic rings. The molecule has 0 amide bonds. The zero-order valence-electron chi connectivity index (χ0n) is 10.2. The molecule has 0 aromatic heterocycles. The Morgan fingerprint density at radius 1 is 1.00 bits per heavy atom. The average Bonchev–Trinajstić information content (AvgIpc) is 2.25. The SMILES string of the molecule is CCCCCCCCNS(=O)(=O)CCCO. The molecular formula is C11H25NO3S. The lowest BCUT2D eigenvalue weighted by Crippen LogP contribution is -2.27. The molecule has 0 unspecified atom stereocenters. The van der Waals surface area contributed by atoms with Crippen LogP contribution in [0.4, 0.5) is 0 Å². The standard InChI is InChI=1S/C11H25NO3S/c1-2-3-4-5-6-7-9-12-16(14,15)11-8-10-13/h12-13H,2-11H2,1H3. The van der Waals surface area contributed by atoms with E-state index in [-0.39, 0.29) is 12.4 Å². The maximum atomic E-state index is 11.3. The van der Waals surface area contributed by atoms with Crippen LogP contribution in [0.5, 0.6) is 0 Å². The molecule has 5 heteroatoms. The molecule has 4 nitrogen and oxygen atoms in total. The molecule has 0 radical (unpaired) electrons. The highest BCUT2D eigenvalue weighted by Crippen LogP contribution is 2.04. The number of aliphatic hydroxyl groups is 1. The predicted molar refractivity (Wildman–Crippen MR) is 66.9 cm³/mol. The minimum Gasteiger partial charge on any atom is -0.396 e. The Balaban J connectivity index is 3.36. The van der Waals surface area contributed by atoms with Crippen molar-refractivity contribution in [1.29, 1.82) is 0 Å². The van der Waals surface area contributed by atoms with Crippen LogP contribution in [0.3, 0.4) is 0 Å². The highest BCUT2D eigenvalue weighted by Gasteiger charge is 2.07. The van der Waals surface area contributed by atoms with Gasteiger partial charge in [0.2, 0.25) is 10.0 Å². The van der Waals surface area contributed by atoms with Gasteiger partial charge in [0.15, 0.2) is 0 Å². The van der Waals surface area contributed by atoms with E-state index in [1.54, 1.807) is 0 Å². The second-order valence-electron chi connectivity index (χ2n) is 4.06. The van der Waals surface area contributed by atoms with Crippen molar-refractivity contribution in [3.8, 4) is 0 Å². The molecule has 0 atom stereocenters. The summed E-state index contributed by atoms with van der Waals surface area (Å²) < 4.78 is 25.2. The molecule has 98 valence electrons. The number of sulfonamides is 1. The largest absolute Gasteiger partial charge is 0.396 e. The van der Waals surface area contributed by atoms with E-state index >= 15 is 0 Å². The summed E-state index contributed by atoms with van der Waals surface area (Å²) in [6.45, 7) is 2.63. The monoisotopic (exact) mass is 251 g/mol. The van der Waals surface area contributed by atoms with Gasteiger partial charge in [-0.3, -0.25) is 0 Å². The first kappa shape index (κ1) is 15.9. The van der Waals surface area contributed by atoms with Crippen molar-refractivity contribution in [1.82, 2.24) is 4.72 Å². The molecule has 0 bridgehead atoms. The number of aliphatic hydroxyl groups excluding tert-OH is 1. The quantitative estimate of drug-likeness (QED) is 0.549. The van der Waals surface area contributed by atoms with E-state index in [1.165, 1.54) is 25.7 Å². The number of rotatable bonds is 11. The lowest BCUT2D eigenvalue weighted by Gasteiger charge is -2.05. The number of unbranched alkanes of at least 4 members (excludes halogenated alkanes) is 5. The summed E-state index contributed by atoms with van der Waals surface area (Å²) in [6.07, 6.45) is 7.23. The summed E-state index contributed by atoms with van der Waals surface area (Å²) in [5.41, 5.74) is 0. The summed E-state index contributed by atoms with van der Waals surface area (Å²) in [4.78, 5) is 0. The van der Waals surface area contributed by atoms with Crippen LogP contribution in [0, 0.1) is 0 Å². The fourth-order valence-electron chi connectivity index (χ4n) is 1.46. The fraction of sp³-hybridized carbons (Fsp3) is 1.00. The third kappa shape index (κ3) is 10.4. The topological polar surface area (TPSA) is 66.4 Å². The van der Waals surface area contributed by atoms with Crippen molar-refractivity contribution in [2.24, 2.45) is 0 Å². The molecule has 0 aliphatic carbocycles. The van der Waals surface area contributed by atoms with Gasteiger partial charge in [0.25, 0.3) is 0 Å². The van der Waals surface area contributed by atoms with Gasteiger partial charge >= 0.3 is 0 Å². The number of hydrogen-bond donors (Lipinski definition) is 2. The summed E-state index contributed by atoms with van der Waals surface area (Å²) in [6, 6.07) is 0. The predicted octanol–water partition coefficient (Wildman–Crippen LogP) is 1.65. The summed E-state index contributed by atoms with van der Waals surface area (Å²) in [7, 11) is -3.15. The third-order valence-corrected chi connectivity index (χ3v) is 3.89. The van der Waals surface area contributed by atoms with Gasteiger partial charge in [-0.05, 0) is 12.8 Å². The van der Waals surface area contributed by atoms with Crippen molar-refractivity contribution < 1.29 is 13.5 Å². The Kier molecular flexibility index (Phi) is 9.97. The van der Waals surface area contributed by atoms with Crippen LogP contribution in [0.15, 0.2) is 0 Å². The van der Waals surface area contributed by atoms with E-state index in [9.17, 15) is 8.42 Å². The average molecular weight is 251 g/mol. The first-order valence-corrected chi connectivity index (χ1v) is 7.86. The first-order valence-electron chi connectivity index (χ1n) is 6.20. The van der Waals surface area contributed by atoms with Crippen molar-refractivity contribution >= 4 is 10.0 Å². The fourth-order valence-corrected chi connectivity index (χ4v) is 2.57. The summed E-state index contributed by atoms with van der Waals surface area (Å²) in [5, 5.41) is 8.53. The molecule has 2 N–H and O–H groups in total. The van der Waals surface area contributed by atoms with Crippen molar-refractivity contribution in [2.75, 3.05) is 18.9 Å². The van der Waals surface area contributed by atoms with Gasteiger partial charge in [0.05, 0.1) is 5.75 Å². The van der Waals surface area contributed by atoms with Crippen molar-refractivity contribution in [3.63, 3.8) is 0 Å². The Morgan fingerprint density at radius 3 is 2.25 bits per heavy atom. The third-order valence-electron chi connectivity index (χ3n) is 2.42. The second kappa shape index (κ2) is 10.1. The van der Waals surface area contributed by atoms with E-state index in [0.717, 1.165) is 12.8 Å². The zero-order valence-corrected chi connectivity index (χ0v) is 11.1. The van der Waals surface area contributed by atoms with Crippen molar-refractivity contribution in [3.05, 3.63) is 0 Å². The van der Waals surface area contributed by atoms with Gasteiger partial charge in [-0.1, -0.05) is 39.0 Å². The lowest BCUT2D eigenvalue weighted by molar-refractivity contribution is 0.295. The molecular weight excluding hydrogens is 226 g/mol. The number of nitrogens with one attached hydrogen (secondary N) is 1. The Labute approximate surface area is 99.5 Å². The molecule has 0 heterocycles. The van der Waals surface area contributed by atoms with E-state index < -0.39 is 10.0 Å². The normalized spacial score (nSPS) is 11.9. The first-order chi connectivity index (χ1) is 7.62. The maximum absolute atomic E-state index is 11.3. The zero-order chi connectivity index (χ0) is 12.3. The van der Waals surface area contributed by atoms with Crippen LogP contribution in [-0.4, -0.2) is 32.4 Å². The van der Waals surface area contributed by atoms with Crippen LogP contribution in [-0.2, 0) is 10.0 Å². The van der Waals surface area contributed by atoms with Gasteiger partial charge in [0.1, 0.15) is 0 Å². The molecule has 0 aliphatic heterocycles. The van der Waals surface area contributed by atoms with E-state index in [2.05, 4.69) is 11.6 Å². The van der Waals surface area contributed by atoms with Crippen LogP contribution >= 0.6 is 0 Å². The van der Waals surface area contributed by atoms with Crippen LogP contribution in [0.25, 0.3) is 0 Å². The van der Waals surface area contributed by atoms with E-state index in [1.807, 2.05) is 0 Å². The molecule has 0 rings (SSSR count). The lowest BCUT2D eigenvalue weighted by atomic mass is 10.1. The highest BCUT2D eigenvalue weighted by atomic mass is 32.2. The van der Waals surface area contributed by atoms with Gasteiger partial charge < -0.3 is 5.11 Å². The van der Waals surface area contributed by atoms with Crippen LogP contribution < -0.4 is 4.72 Å². The molecule has 0 aromatic carbocycles. The molecule has 16 heavy (non-hydrogen) atoms. The van der Waals surface area contributed by atoms with E-state index in [4.69, 9.17) is 5.11 Å².